The molecule has 6 nitrogen and oxygen atoms in total. The predicted octanol–water partition coefficient (Wildman–Crippen LogP) is 3.62. The number of anilines is 2. The first kappa shape index (κ1) is 19.5. The Morgan fingerprint density at radius 1 is 1.00 bits per heavy atom. The number of hydrogen-bond acceptors (Lipinski definition) is 4. The molecule has 1 N–H and O–H groups in total. The van der Waals surface area contributed by atoms with Crippen molar-refractivity contribution in [3.63, 3.8) is 0 Å². The molecule has 6 heteroatoms. The number of piperazine rings is 1. The molecule has 2 amide bonds. The molecule has 146 valence electrons. The fraction of sp³-hybridized carbons (Fsp3) is 0.273. The molecule has 1 aliphatic rings. The van der Waals surface area contributed by atoms with Crippen LogP contribution in [-0.2, 0) is 9.53 Å². The highest BCUT2D eigenvalue weighted by molar-refractivity contribution is 6.02. The molecule has 0 aromatic heterocycles. The summed E-state index contributed by atoms with van der Waals surface area (Å²) >= 11 is 0. The van der Waals surface area contributed by atoms with Crippen LogP contribution in [0.15, 0.2) is 60.7 Å². The van der Waals surface area contributed by atoms with Gasteiger partial charge in [-0.3, -0.25) is 4.79 Å². The van der Waals surface area contributed by atoms with Gasteiger partial charge in [0.2, 0.25) is 5.91 Å². The van der Waals surface area contributed by atoms with Crippen molar-refractivity contribution in [1.29, 1.82) is 0 Å². The van der Waals surface area contributed by atoms with E-state index in [2.05, 4.69) is 10.2 Å². The van der Waals surface area contributed by atoms with Gasteiger partial charge in [-0.05, 0) is 42.8 Å². The van der Waals surface area contributed by atoms with Crippen LogP contribution in [0.2, 0.25) is 0 Å². The van der Waals surface area contributed by atoms with Crippen molar-refractivity contribution in [3.8, 4) is 0 Å². The fourth-order valence-electron chi connectivity index (χ4n) is 3.04. The molecule has 28 heavy (non-hydrogen) atoms. The molecule has 0 saturated carbocycles. The molecule has 0 radical (unpaired) electrons. The summed E-state index contributed by atoms with van der Waals surface area (Å²) in [6.45, 7) is 5.00. The topological polar surface area (TPSA) is 61.9 Å². The lowest BCUT2D eigenvalue weighted by Crippen LogP contribution is -2.49. The minimum Gasteiger partial charge on any atom is -0.450 e. The summed E-state index contributed by atoms with van der Waals surface area (Å²) in [5, 5.41) is 2.86. The molecule has 1 fully saturated rings. The van der Waals surface area contributed by atoms with E-state index in [1.165, 1.54) is 6.08 Å². The van der Waals surface area contributed by atoms with Crippen LogP contribution in [0.1, 0.15) is 12.5 Å². The van der Waals surface area contributed by atoms with Crippen LogP contribution in [0.25, 0.3) is 6.08 Å². The monoisotopic (exact) mass is 379 g/mol. The quantitative estimate of drug-likeness (QED) is 0.806. The second-order valence-corrected chi connectivity index (χ2v) is 6.45. The summed E-state index contributed by atoms with van der Waals surface area (Å²) in [7, 11) is 0. The van der Waals surface area contributed by atoms with Crippen molar-refractivity contribution >= 4 is 29.5 Å². The van der Waals surface area contributed by atoms with E-state index in [1.54, 1.807) is 11.0 Å². The Morgan fingerprint density at radius 3 is 2.32 bits per heavy atom. The number of nitrogens with one attached hydrogen (secondary N) is 1. The lowest BCUT2D eigenvalue weighted by Gasteiger charge is -2.35. The van der Waals surface area contributed by atoms with Gasteiger partial charge in [-0.15, -0.1) is 0 Å². The van der Waals surface area contributed by atoms with E-state index in [0.717, 1.165) is 30.0 Å². The van der Waals surface area contributed by atoms with Crippen molar-refractivity contribution in [2.75, 3.05) is 43.0 Å². The molecule has 0 aliphatic carbocycles. The van der Waals surface area contributed by atoms with E-state index in [1.807, 2.05) is 61.5 Å². The average molecular weight is 379 g/mol. The maximum absolute atomic E-state index is 12.1. The summed E-state index contributed by atoms with van der Waals surface area (Å²) in [6.07, 6.45) is 3.06. The van der Waals surface area contributed by atoms with Crippen LogP contribution < -0.4 is 10.2 Å². The van der Waals surface area contributed by atoms with Crippen LogP contribution in [0.3, 0.4) is 0 Å². The highest BCUT2D eigenvalue weighted by atomic mass is 16.6. The van der Waals surface area contributed by atoms with Crippen LogP contribution in [0.5, 0.6) is 0 Å². The van der Waals surface area contributed by atoms with E-state index in [9.17, 15) is 9.59 Å². The summed E-state index contributed by atoms with van der Waals surface area (Å²) in [6, 6.07) is 17.4. The molecule has 2 aromatic carbocycles. The molecule has 1 heterocycles. The largest absolute Gasteiger partial charge is 0.450 e. The van der Waals surface area contributed by atoms with Crippen molar-refractivity contribution in [1.82, 2.24) is 4.90 Å². The Morgan fingerprint density at radius 2 is 1.68 bits per heavy atom. The van der Waals surface area contributed by atoms with Crippen LogP contribution >= 0.6 is 0 Å². The molecule has 0 unspecified atom stereocenters. The first-order valence-corrected chi connectivity index (χ1v) is 9.46. The third kappa shape index (κ3) is 5.36. The molecule has 3 rings (SSSR count). The molecular weight excluding hydrogens is 354 g/mol. The maximum atomic E-state index is 12.1. The molecule has 0 atom stereocenters. The zero-order valence-corrected chi connectivity index (χ0v) is 16.0. The van der Waals surface area contributed by atoms with Crippen LogP contribution in [-0.4, -0.2) is 49.7 Å². The van der Waals surface area contributed by atoms with E-state index in [4.69, 9.17) is 4.74 Å². The van der Waals surface area contributed by atoms with Crippen LogP contribution in [0, 0.1) is 0 Å². The fourth-order valence-corrected chi connectivity index (χ4v) is 3.04. The summed E-state index contributed by atoms with van der Waals surface area (Å²) in [5.74, 6) is -0.167. The Balaban J connectivity index is 1.50. The zero-order chi connectivity index (χ0) is 19.8. The summed E-state index contributed by atoms with van der Waals surface area (Å²) in [4.78, 5) is 27.8. The number of nitrogens with zero attached hydrogens (tertiary/aromatic N) is 2. The second kappa shape index (κ2) is 9.60. The minimum atomic E-state index is -0.247. The molecule has 1 saturated heterocycles. The first-order chi connectivity index (χ1) is 13.7. The van der Waals surface area contributed by atoms with Crippen LogP contribution in [0.4, 0.5) is 16.2 Å². The van der Waals surface area contributed by atoms with E-state index in [0.29, 0.717) is 19.7 Å². The highest BCUT2D eigenvalue weighted by Crippen LogP contribution is 2.20. The smallest absolute Gasteiger partial charge is 0.409 e. The van der Waals surface area contributed by atoms with Gasteiger partial charge in [0.1, 0.15) is 0 Å². The van der Waals surface area contributed by atoms with Crippen molar-refractivity contribution < 1.29 is 14.3 Å². The van der Waals surface area contributed by atoms with Gasteiger partial charge in [0.25, 0.3) is 0 Å². The Labute approximate surface area is 165 Å². The Kier molecular flexibility index (Phi) is 6.68. The maximum Gasteiger partial charge on any atom is 0.409 e. The summed E-state index contributed by atoms with van der Waals surface area (Å²) in [5.41, 5.74) is 2.80. The third-order valence-corrected chi connectivity index (χ3v) is 4.53. The number of carbonyl (C=O) groups is 2. The Bertz CT molecular complexity index is 811. The third-order valence-electron chi connectivity index (χ3n) is 4.53. The number of ether oxygens (including phenoxy) is 1. The van der Waals surface area contributed by atoms with Gasteiger partial charge in [-0.2, -0.15) is 0 Å². The second-order valence-electron chi connectivity index (χ2n) is 6.45. The van der Waals surface area contributed by atoms with Crippen molar-refractivity contribution in [2.45, 2.75) is 6.92 Å². The van der Waals surface area contributed by atoms with Crippen molar-refractivity contribution in [3.05, 3.63) is 66.2 Å². The van der Waals surface area contributed by atoms with Gasteiger partial charge in [0, 0.05) is 43.6 Å². The van der Waals surface area contributed by atoms with Gasteiger partial charge in [-0.25, -0.2) is 4.79 Å². The number of amides is 2. The summed E-state index contributed by atoms with van der Waals surface area (Å²) < 4.78 is 5.05. The molecule has 0 bridgehead atoms. The molecular formula is C22H25N3O3. The molecule has 1 aliphatic heterocycles. The number of hydrogen-bond donors (Lipinski definition) is 1. The lowest BCUT2D eigenvalue weighted by molar-refractivity contribution is -0.111. The van der Waals surface area contributed by atoms with E-state index in [-0.39, 0.29) is 12.0 Å². The zero-order valence-electron chi connectivity index (χ0n) is 16.0. The first-order valence-electron chi connectivity index (χ1n) is 9.46. The molecule has 2 aromatic rings. The van der Waals surface area contributed by atoms with Gasteiger partial charge >= 0.3 is 6.09 Å². The van der Waals surface area contributed by atoms with E-state index < -0.39 is 0 Å². The van der Waals surface area contributed by atoms with Crippen molar-refractivity contribution in [2.24, 2.45) is 0 Å². The lowest BCUT2D eigenvalue weighted by atomic mass is 10.2. The van der Waals surface area contributed by atoms with Gasteiger partial charge in [-0.1, -0.05) is 30.3 Å². The Hall–Kier alpha value is -3.28. The normalized spacial score (nSPS) is 14.2. The van der Waals surface area contributed by atoms with E-state index >= 15 is 0 Å². The van der Waals surface area contributed by atoms with Gasteiger partial charge in [0.15, 0.2) is 0 Å². The average Bonchev–Trinajstić information content (AvgIpc) is 2.74. The number of carbonyl (C=O) groups excluding carboxylic acids is 2. The van der Waals surface area contributed by atoms with Gasteiger partial charge in [0.05, 0.1) is 6.61 Å². The SMILES string of the molecule is CCOC(=O)N1CCN(c2ccc(NC(=O)/C=C/c3ccccc3)cc2)CC1. The predicted molar refractivity (Wildman–Crippen MR) is 111 cm³/mol. The number of benzene rings is 2. The number of rotatable bonds is 5. The minimum absolute atomic E-state index is 0.167. The van der Waals surface area contributed by atoms with Gasteiger partial charge < -0.3 is 19.9 Å². The highest BCUT2D eigenvalue weighted by Gasteiger charge is 2.21. The molecule has 0 spiro atoms. The standard InChI is InChI=1S/C22H25N3O3/c1-2-28-22(27)25-16-14-24(15-17-25)20-11-9-19(10-12-20)23-21(26)13-8-18-6-4-3-5-7-18/h3-13H,2,14-17H2,1H3,(H,23,26)/b13-8+.